The highest BCUT2D eigenvalue weighted by Crippen LogP contribution is 2.42. The summed E-state index contributed by atoms with van der Waals surface area (Å²) in [5.74, 6) is 0.873. The van der Waals surface area contributed by atoms with Gasteiger partial charge >= 0.3 is 0 Å². The Balaban J connectivity index is 1.59. The highest BCUT2D eigenvalue weighted by molar-refractivity contribution is 5.78. The van der Waals surface area contributed by atoms with Gasteiger partial charge in [-0.2, -0.15) is 0 Å². The quantitative estimate of drug-likeness (QED) is 0.640. The summed E-state index contributed by atoms with van der Waals surface area (Å²) in [5, 5.41) is 2.93. The van der Waals surface area contributed by atoms with Crippen LogP contribution in [0.2, 0.25) is 0 Å². The second-order valence-corrected chi connectivity index (χ2v) is 5.36. The summed E-state index contributed by atoms with van der Waals surface area (Å²) in [6.45, 7) is 5.26. The van der Waals surface area contributed by atoms with E-state index in [0.29, 0.717) is 6.54 Å². The predicted octanol–water partition coefficient (Wildman–Crippen LogP) is 0.326. The van der Waals surface area contributed by atoms with Crippen molar-refractivity contribution < 1.29 is 4.79 Å². The summed E-state index contributed by atoms with van der Waals surface area (Å²) in [6, 6.07) is 0. The smallest absolute Gasteiger partial charge is 0.234 e. The number of carbonyl (C=O) groups is 1. The molecule has 3 N–H and O–H groups in total. The topological polar surface area (TPSA) is 58.4 Å². The molecule has 0 atom stereocenters. The summed E-state index contributed by atoms with van der Waals surface area (Å²) in [4.78, 5) is 13.7. The fraction of sp³-hybridized carbons (Fsp3) is 0.917. The van der Waals surface area contributed by atoms with Crippen LogP contribution in [-0.2, 0) is 4.79 Å². The van der Waals surface area contributed by atoms with E-state index in [9.17, 15) is 4.79 Å². The van der Waals surface area contributed by atoms with Crippen LogP contribution in [0.15, 0.2) is 0 Å². The standard InChI is InChI=1S/C12H23N3O/c1-2-3-6-14-11(16)7-15-8-12(13,9-15)10-4-5-10/h10H,2-9,13H2,1H3,(H,14,16). The zero-order valence-electron chi connectivity index (χ0n) is 10.2. The summed E-state index contributed by atoms with van der Waals surface area (Å²) < 4.78 is 0. The molecule has 2 aliphatic rings. The molecule has 0 aromatic carbocycles. The van der Waals surface area contributed by atoms with Gasteiger partial charge in [0, 0.05) is 25.2 Å². The molecule has 1 amide bonds. The highest BCUT2D eigenvalue weighted by Gasteiger charge is 2.50. The largest absolute Gasteiger partial charge is 0.355 e. The molecular weight excluding hydrogens is 202 g/mol. The first-order valence-electron chi connectivity index (χ1n) is 6.42. The lowest BCUT2D eigenvalue weighted by Gasteiger charge is -2.48. The fourth-order valence-corrected chi connectivity index (χ4v) is 2.48. The zero-order valence-corrected chi connectivity index (χ0v) is 10.2. The van der Waals surface area contributed by atoms with E-state index in [2.05, 4.69) is 17.1 Å². The third kappa shape index (κ3) is 2.74. The number of nitrogens with one attached hydrogen (secondary N) is 1. The van der Waals surface area contributed by atoms with Crippen LogP contribution in [0.25, 0.3) is 0 Å². The summed E-state index contributed by atoms with van der Waals surface area (Å²) in [7, 11) is 0. The Bertz CT molecular complexity index is 257. The van der Waals surface area contributed by atoms with Crippen LogP contribution in [0.1, 0.15) is 32.6 Å². The number of hydrogen-bond donors (Lipinski definition) is 2. The van der Waals surface area contributed by atoms with Crippen molar-refractivity contribution in [2.45, 2.75) is 38.1 Å². The number of nitrogens with two attached hydrogens (primary N) is 1. The number of hydrogen-bond acceptors (Lipinski definition) is 3. The van der Waals surface area contributed by atoms with Crippen LogP contribution in [0.5, 0.6) is 0 Å². The van der Waals surface area contributed by atoms with Crippen LogP contribution in [0.4, 0.5) is 0 Å². The van der Waals surface area contributed by atoms with E-state index in [-0.39, 0.29) is 11.4 Å². The van der Waals surface area contributed by atoms with Crippen molar-refractivity contribution in [2.24, 2.45) is 11.7 Å². The van der Waals surface area contributed by atoms with Gasteiger partial charge < -0.3 is 11.1 Å². The molecule has 0 unspecified atom stereocenters. The van der Waals surface area contributed by atoms with Crippen molar-refractivity contribution in [2.75, 3.05) is 26.2 Å². The molecule has 1 saturated carbocycles. The molecule has 92 valence electrons. The second kappa shape index (κ2) is 4.72. The number of nitrogens with zero attached hydrogens (tertiary/aromatic N) is 1. The first kappa shape index (κ1) is 11.9. The van der Waals surface area contributed by atoms with Crippen LogP contribution in [0, 0.1) is 5.92 Å². The Morgan fingerprint density at radius 1 is 1.50 bits per heavy atom. The van der Waals surface area contributed by atoms with Gasteiger partial charge in [-0.25, -0.2) is 0 Å². The number of unbranched alkanes of at least 4 members (excludes halogenated alkanes) is 1. The Hall–Kier alpha value is -0.610. The molecule has 2 fully saturated rings. The highest BCUT2D eigenvalue weighted by atomic mass is 16.2. The van der Waals surface area contributed by atoms with Crippen molar-refractivity contribution in [1.82, 2.24) is 10.2 Å². The Labute approximate surface area is 97.6 Å². The maximum atomic E-state index is 11.5. The molecule has 4 nitrogen and oxygen atoms in total. The predicted molar refractivity (Wildman–Crippen MR) is 64.0 cm³/mol. The van der Waals surface area contributed by atoms with E-state index in [4.69, 9.17) is 5.73 Å². The molecule has 4 heteroatoms. The SMILES string of the molecule is CCCCNC(=O)CN1CC(N)(C2CC2)C1. The van der Waals surface area contributed by atoms with E-state index in [1.54, 1.807) is 0 Å². The van der Waals surface area contributed by atoms with Crippen LogP contribution < -0.4 is 11.1 Å². The Kier molecular flexibility index (Phi) is 3.50. The normalized spacial score (nSPS) is 23.9. The van der Waals surface area contributed by atoms with Gasteiger partial charge in [0.05, 0.1) is 6.54 Å². The second-order valence-electron chi connectivity index (χ2n) is 5.36. The lowest BCUT2D eigenvalue weighted by Crippen LogP contribution is -2.69. The molecule has 1 aliphatic heterocycles. The van der Waals surface area contributed by atoms with Gasteiger partial charge in [-0.05, 0) is 25.2 Å². The first-order valence-corrected chi connectivity index (χ1v) is 6.42. The molecular formula is C12H23N3O. The molecule has 0 aromatic heterocycles. The molecule has 1 saturated heterocycles. The number of carbonyl (C=O) groups excluding carboxylic acids is 1. The fourth-order valence-electron chi connectivity index (χ4n) is 2.48. The summed E-state index contributed by atoms with van der Waals surface area (Å²) in [6.07, 6.45) is 4.76. The lowest BCUT2D eigenvalue weighted by atomic mass is 9.86. The van der Waals surface area contributed by atoms with Gasteiger partial charge in [-0.3, -0.25) is 9.69 Å². The molecule has 1 heterocycles. The first-order chi connectivity index (χ1) is 7.64. The van der Waals surface area contributed by atoms with Gasteiger partial charge in [-0.15, -0.1) is 0 Å². The minimum Gasteiger partial charge on any atom is -0.355 e. The van der Waals surface area contributed by atoms with E-state index in [0.717, 1.165) is 38.4 Å². The summed E-state index contributed by atoms with van der Waals surface area (Å²) >= 11 is 0. The van der Waals surface area contributed by atoms with E-state index >= 15 is 0 Å². The van der Waals surface area contributed by atoms with Crippen molar-refractivity contribution in [3.63, 3.8) is 0 Å². The average molecular weight is 225 g/mol. The Morgan fingerprint density at radius 3 is 2.75 bits per heavy atom. The van der Waals surface area contributed by atoms with Gasteiger partial charge in [0.25, 0.3) is 0 Å². The van der Waals surface area contributed by atoms with Gasteiger partial charge in [0.2, 0.25) is 5.91 Å². The van der Waals surface area contributed by atoms with E-state index in [1.165, 1.54) is 12.8 Å². The maximum Gasteiger partial charge on any atom is 0.234 e. The molecule has 2 rings (SSSR count). The molecule has 0 aromatic rings. The van der Waals surface area contributed by atoms with E-state index < -0.39 is 0 Å². The molecule has 16 heavy (non-hydrogen) atoms. The van der Waals surface area contributed by atoms with Crippen LogP contribution in [0.3, 0.4) is 0 Å². The molecule has 1 aliphatic carbocycles. The lowest BCUT2D eigenvalue weighted by molar-refractivity contribution is -0.124. The van der Waals surface area contributed by atoms with Crippen molar-refractivity contribution in [1.29, 1.82) is 0 Å². The van der Waals surface area contributed by atoms with Crippen LogP contribution in [-0.4, -0.2) is 42.5 Å². The number of rotatable bonds is 6. The minimum absolute atomic E-state index is 0.0314. The third-order valence-electron chi connectivity index (χ3n) is 3.65. The van der Waals surface area contributed by atoms with Crippen molar-refractivity contribution in [3.05, 3.63) is 0 Å². The zero-order chi connectivity index (χ0) is 11.6. The van der Waals surface area contributed by atoms with E-state index in [1.807, 2.05) is 0 Å². The molecule has 0 bridgehead atoms. The monoisotopic (exact) mass is 225 g/mol. The van der Waals surface area contributed by atoms with Gasteiger partial charge in [-0.1, -0.05) is 13.3 Å². The summed E-state index contributed by atoms with van der Waals surface area (Å²) in [5.41, 5.74) is 6.25. The number of likely N-dealkylation sites (tertiary alicyclic amines) is 1. The van der Waals surface area contributed by atoms with Crippen LogP contribution >= 0.6 is 0 Å². The molecule has 0 spiro atoms. The minimum atomic E-state index is 0.0314. The van der Waals surface area contributed by atoms with Gasteiger partial charge in [0.1, 0.15) is 0 Å². The third-order valence-corrected chi connectivity index (χ3v) is 3.65. The van der Waals surface area contributed by atoms with Crippen molar-refractivity contribution >= 4 is 5.91 Å². The average Bonchev–Trinajstić information content (AvgIpc) is 2.98. The molecule has 0 radical (unpaired) electrons. The van der Waals surface area contributed by atoms with Crippen molar-refractivity contribution in [3.8, 4) is 0 Å². The Morgan fingerprint density at radius 2 is 2.19 bits per heavy atom. The van der Waals surface area contributed by atoms with Gasteiger partial charge in [0.15, 0.2) is 0 Å². The number of amides is 1. The maximum absolute atomic E-state index is 11.5.